The van der Waals surface area contributed by atoms with Crippen molar-refractivity contribution >= 4 is 133 Å². The van der Waals surface area contributed by atoms with Gasteiger partial charge in [-0.2, -0.15) is 0 Å². The first-order valence-corrected chi connectivity index (χ1v) is 29.0. The molecule has 0 spiro atoms. The summed E-state index contributed by atoms with van der Waals surface area (Å²) in [5.74, 6) is -7.55. The summed E-state index contributed by atoms with van der Waals surface area (Å²) in [7, 11) is 1.88. The van der Waals surface area contributed by atoms with Gasteiger partial charge in [-0.15, -0.1) is 0 Å². The van der Waals surface area contributed by atoms with Crippen LogP contribution in [0.2, 0.25) is 0 Å². The smallest absolute Gasteiger partial charge is 0.411 e. The summed E-state index contributed by atoms with van der Waals surface area (Å²) in [4.78, 5) is 140. The van der Waals surface area contributed by atoms with Crippen molar-refractivity contribution < 1.29 is 88.4 Å². The number of amides is 5. The molecule has 2 fully saturated rings. The molecular weight excluding hydrogens is 1420 g/mol. The maximum atomic E-state index is 14.0. The van der Waals surface area contributed by atoms with Gasteiger partial charge in [0.15, 0.2) is 0 Å². The highest BCUT2D eigenvalue weighted by Gasteiger charge is 2.30. The van der Waals surface area contributed by atoms with Crippen molar-refractivity contribution in [3.63, 3.8) is 0 Å². The molecule has 34 heteroatoms. The molecule has 3 rings (SSSR count). The Hall–Kier alpha value is -4.49. The Bertz CT molecular complexity index is 2300. The number of carbonyl (C=O) groups excluding carboxylic acids is 5. The van der Waals surface area contributed by atoms with Crippen LogP contribution in [0.15, 0.2) is 0 Å². The van der Waals surface area contributed by atoms with Gasteiger partial charge in [-0.1, -0.05) is 0 Å². The largest absolute Gasteiger partial charge is 0.480 e. The van der Waals surface area contributed by atoms with Crippen molar-refractivity contribution in [3.8, 4) is 0 Å². The first kappa shape index (κ1) is 70.8. The van der Waals surface area contributed by atoms with Gasteiger partial charge < -0.3 is 66.6 Å². The second-order valence-corrected chi connectivity index (χ2v) is 22.3. The summed E-state index contributed by atoms with van der Waals surface area (Å²) >= 11 is 5.47. The van der Waals surface area contributed by atoms with Gasteiger partial charge in [-0.05, 0) is 74.8 Å². The first-order valence-electron chi connectivity index (χ1n) is 25.7. The van der Waals surface area contributed by atoms with Crippen molar-refractivity contribution in [3.05, 3.63) is 21.8 Å². The number of halogens is 3. The van der Waals surface area contributed by atoms with Gasteiger partial charge in [0.2, 0.25) is 11.8 Å². The predicted molar refractivity (Wildman–Crippen MR) is 314 cm³/mol. The Kier molecular flexibility index (Phi) is 32.9. The first-order chi connectivity index (χ1) is 38.3. The third-order valence-corrected chi connectivity index (χ3v) is 15.8. The molecule has 1 aromatic carbocycles. The molecule has 81 heavy (non-hydrogen) atoms. The molecule has 31 nitrogen and oxygen atoms in total. The minimum atomic E-state index is -1.39. The fraction of sp³-hybridized carbons (Fsp3) is 0.660. The average Bonchev–Trinajstić information content (AvgIpc) is 3.57. The van der Waals surface area contributed by atoms with E-state index in [1.165, 1.54) is 0 Å². The number of nitrogens with zero attached hydrogens (tertiary/aromatic N) is 8. The lowest BCUT2D eigenvalue weighted by Gasteiger charge is -2.32. The quantitative estimate of drug-likeness (QED) is 0.0308. The number of likely N-dealkylation sites (N-methyl/N-ethyl adjacent to an activating group) is 1. The Morgan fingerprint density at radius 1 is 0.444 bits per heavy atom. The summed E-state index contributed by atoms with van der Waals surface area (Å²) in [6, 6.07) is 0. The van der Waals surface area contributed by atoms with Gasteiger partial charge in [-0.25, -0.2) is 4.79 Å². The summed E-state index contributed by atoms with van der Waals surface area (Å²) in [5.41, 5.74) is -0.0636. The lowest BCUT2D eigenvalue weighted by molar-refractivity contribution is -0.140. The molecule has 0 aliphatic carbocycles. The average molecular weight is 1490 g/mol. The second-order valence-electron chi connectivity index (χ2n) is 19.0. The molecule has 0 aromatic heterocycles. The molecule has 2 saturated heterocycles. The zero-order valence-corrected chi connectivity index (χ0v) is 51.4. The molecule has 1 unspecified atom stereocenters. The predicted octanol–water partition coefficient (Wildman–Crippen LogP) is -4.41. The van der Waals surface area contributed by atoms with Crippen molar-refractivity contribution in [2.24, 2.45) is 0 Å². The number of aliphatic hydroxyl groups is 2. The maximum Gasteiger partial charge on any atom is 0.411 e. The van der Waals surface area contributed by atoms with E-state index in [1.54, 1.807) is 29.4 Å². The van der Waals surface area contributed by atoms with Crippen LogP contribution in [-0.2, 0) is 38.3 Å². The van der Waals surface area contributed by atoms with Crippen LogP contribution < -0.4 is 26.6 Å². The van der Waals surface area contributed by atoms with Crippen LogP contribution in [0, 0.1) is 10.7 Å². The Balaban J connectivity index is 1.72. The molecule has 2 aliphatic heterocycles. The number of benzene rings is 1. The van der Waals surface area contributed by atoms with E-state index in [1.807, 2.05) is 84.6 Å². The van der Waals surface area contributed by atoms with Crippen LogP contribution >= 0.6 is 67.8 Å². The van der Waals surface area contributed by atoms with Crippen LogP contribution in [0.5, 0.6) is 0 Å². The molecule has 1 aromatic rings. The molecule has 5 amide bonds. The van der Waals surface area contributed by atoms with E-state index in [-0.39, 0.29) is 158 Å². The van der Waals surface area contributed by atoms with Crippen LogP contribution in [0.4, 0.5) is 10.5 Å². The van der Waals surface area contributed by atoms with E-state index < -0.39 is 73.0 Å². The van der Waals surface area contributed by atoms with Crippen LogP contribution in [0.1, 0.15) is 20.7 Å². The normalized spacial score (nSPS) is 17.4. The number of ether oxygens (including phenoxy) is 1. The van der Waals surface area contributed by atoms with Crippen LogP contribution in [0.25, 0.3) is 0 Å². The molecule has 0 radical (unpaired) electrons. The molecular formula is C47H74I3N13O18. The minimum Gasteiger partial charge on any atom is -0.480 e. The van der Waals surface area contributed by atoms with Crippen LogP contribution in [0.3, 0.4) is 0 Å². The van der Waals surface area contributed by atoms with Gasteiger partial charge in [-0.3, -0.25) is 82.8 Å². The van der Waals surface area contributed by atoms with E-state index in [0.717, 1.165) is 0 Å². The number of hydrogen-bond donors (Lipinski definition) is 12. The van der Waals surface area contributed by atoms with Crippen molar-refractivity contribution in [1.82, 2.24) is 60.5 Å². The highest BCUT2D eigenvalue weighted by Crippen LogP contribution is 2.36. The highest BCUT2D eigenvalue weighted by atomic mass is 127. The van der Waals surface area contributed by atoms with Gasteiger partial charge >= 0.3 is 35.9 Å². The van der Waals surface area contributed by atoms with E-state index in [4.69, 9.17) is 4.74 Å². The monoisotopic (exact) mass is 1490 g/mol. The summed E-state index contributed by atoms with van der Waals surface area (Å²) < 4.78 is 5.59. The maximum absolute atomic E-state index is 14.0. The van der Waals surface area contributed by atoms with Gasteiger partial charge in [0.1, 0.15) is 12.7 Å². The number of aliphatic carboxylic acids is 5. The third kappa shape index (κ3) is 28.1. The number of aliphatic hydroxyl groups excluding tert-OH is 2. The Morgan fingerprint density at radius 2 is 0.716 bits per heavy atom. The van der Waals surface area contributed by atoms with Crippen molar-refractivity contribution in [2.45, 2.75) is 6.10 Å². The number of carboxylic acid groups (broad SMARTS) is 5. The summed E-state index contributed by atoms with van der Waals surface area (Å²) in [5, 5.41) is 79.9. The third-order valence-electron chi connectivity index (χ3n) is 12.6. The van der Waals surface area contributed by atoms with Gasteiger partial charge in [0.05, 0.1) is 76.4 Å². The van der Waals surface area contributed by atoms with E-state index in [0.29, 0.717) is 52.4 Å². The number of hydrogen-bond acceptors (Lipinski definition) is 21. The number of rotatable bonds is 26. The fourth-order valence-corrected chi connectivity index (χ4v) is 12.7. The summed E-state index contributed by atoms with van der Waals surface area (Å²) in [6.45, 7) is 1.53. The SMILES string of the molecule is CN1CCN(CC(=O)O)CCN(CC(=O)O)CCN(CC(=O)NCCNC(=O)c2c(I)c(NC(=O)OCC(O)CO)c(I)c(C(=O)NCCNC(=O)CN3CCN(CC(=O)O)CCN(CC(=O)O)CCN(CC(=O)O)CC3)c2I)CC1. The number of carboxylic acids is 5. The topological polar surface area (TPSA) is 408 Å². The van der Waals surface area contributed by atoms with Crippen molar-refractivity contribution in [1.29, 1.82) is 0 Å². The molecule has 12 N–H and O–H groups in total. The lowest BCUT2D eigenvalue weighted by Crippen LogP contribution is -2.50. The van der Waals surface area contributed by atoms with Crippen LogP contribution in [-0.4, -0.2) is 338 Å². The Labute approximate surface area is 508 Å². The van der Waals surface area contributed by atoms with Gasteiger partial charge in [0.25, 0.3) is 11.8 Å². The second kappa shape index (κ2) is 37.7. The standard InChI is InChI=1S/C47H74I3N13O18/c1-56-6-8-57(10-13-60(25-35(70)71)17-16-59(9-7-56)24-34(68)69)22-32(66)51-2-4-53-45(78)39-41(48)40(43(50)44(42(39)49)55-47(80)81-30-31(65)29-64)46(79)54-5-3-52-33(67)23-58-11-14-61(26-36(72)73)18-20-63(28-38(76)77)21-19-62(15-12-58)27-37(74)75/h31,64-65H,2-30H2,1H3,(H,51,66)(H,52,67)(H,53,78)(H,54,79)(H,55,80)(H,68,69)(H,70,71)(H,72,73)(H,74,75)(H,76,77). The molecule has 2 aliphatic rings. The molecule has 2 heterocycles. The zero-order valence-electron chi connectivity index (χ0n) is 44.9. The van der Waals surface area contributed by atoms with E-state index >= 15 is 0 Å². The summed E-state index contributed by atoms with van der Waals surface area (Å²) in [6.07, 6.45) is -2.46. The number of nitrogens with one attached hydrogen (secondary N) is 5. The number of carbonyl (C=O) groups is 10. The van der Waals surface area contributed by atoms with E-state index in [2.05, 4.69) is 26.6 Å². The fourth-order valence-electron chi connectivity index (χ4n) is 8.26. The lowest BCUT2D eigenvalue weighted by atomic mass is 10.1. The molecule has 456 valence electrons. The number of anilines is 1. The highest BCUT2D eigenvalue weighted by molar-refractivity contribution is 14.1. The Morgan fingerprint density at radius 3 is 1.00 bits per heavy atom. The van der Waals surface area contributed by atoms with Crippen molar-refractivity contribution in [2.75, 3.05) is 202 Å². The zero-order chi connectivity index (χ0) is 60.2. The molecule has 0 saturated carbocycles. The van der Waals surface area contributed by atoms with E-state index in [9.17, 15) is 83.7 Å². The van der Waals surface area contributed by atoms with Gasteiger partial charge in [0, 0.05) is 134 Å². The molecule has 1 atom stereocenters. The molecule has 0 bridgehead atoms. The minimum absolute atomic E-state index is 0.000692.